The third-order valence-corrected chi connectivity index (χ3v) is 2.68. The predicted octanol–water partition coefficient (Wildman–Crippen LogP) is 2.13. The molecule has 0 saturated carbocycles. The molecule has 0 unspecified atom stereocenters. The topological polar surface area (TPSA) is 106 Å². The summed E-state index contributed by atoms with van der Waals surface area (Å²) in [6.07, 6.45) is 1.19. The molecule has 0 aliphatic heterocycles. The van der Waals surface area contributed by atoms with Crippen molar-refractivity contribution in [2.24, 2.45) is 0 Å². The molecule has 2 N–H and O–H groups in total. The van der Waals surface area contributed by atoms with Gasteiger partial charge in [0.2, 0.25) is 11.8 Å². The van der Waals surface area contributed by atoms with Crippen molar-refractivity contribution in [2.75, 3.05) is 17.2 Å². The van der Waals surface area contributed by atoms with Crippen molar-refractivity contribution in [3.63, 3.8) is 0 Å². The Bertz CT molecular complexity index is 646. The lowest BCUT2D eigenvalue weighted by Gasteiger charge is -2.08. The molecule has 110 valence electrons. The minimum Gasteiger partial charge on any atom is -0.359 e. The van der Waals surface area contributed by atoms with Gasteiger partial charge in [0.05, 0.1) is 17.2 Å². The first-order chi connectivity index (χ1) is 10.1. The van der Waals surface area contributed by atoms with E-state index < -0.39 is 4.92 Å². The van der Waals surface area contributed by atoms with Crippen LogP contribution in [0, 0.1) is 17.0 Å². The third kappa shape index (κ3) is 3.85. The number of nitrogens with one attached hydrogen (secondary N) is 2. The summed E-state index contributed by atoms with van der Waals surface area (Å²) in [5.41, 5.74) is 1.51. The summed E-state index contributed by atoms with van der Waals surface area (Å²) < 4.78 is 0. The fraction of sp³-hybridized carbons (Fsp3) is 0.308. The number of hydrogen-bond donors (Lipinski definition) is 2. The van der Waals surface area contributed by atoms with Gasteiger partial charge in [-0.05, 0) is 26.0 Å². The Kier molecular flexibility index (Phi) is 4.60. The van der Waals surface area contributed by atoms with E-state index in [1.807, 2.05) is 32.0 Å². The molecule has 8 nitrogen and oxygen atoms in total. The van der Waals surface area contributed by atoms with Gasteiger partial charge in [-0.15, -0.1) is 0 Å². The number of hydrogen-bond acceptors (Lipinski definition) is 7. The van der Waals surface area contributed by atoms with Gasteiger partial charge in [0, 0.05) is 12.2 Å². The van der Waals surface area contributed by atoms with Crippen LogP contribution < -0.4 is 10.6 Å². The van der Waals surface area contributed by atoms with Crippen LogP contribution in [0.1, 0.15) is 18.3 Å². The summed E-state index contributed by atoms with van der Waals surface area (Å²) >= 11 is 0. The number of anilines is 2. The molecule has 2 aromatic rings. The number of aromatic nitrogens is 3. The summed E-state index contributed by atoms with van der Waals surface area (Å²) in [5, 5.41) is 16.9. The molecule has 0 aliphatic rings. The molecule has 21 heavy (non-hydrogen) atoms. The van der Waals surface area contributed by atoms with Gasteiger partial charge < -0.3 is 10.6 Å². The van der Waals surface area contributed by atoms with Crippen LogP contribution in [0.15, 0.2) is 24.4 Å². The van der Waals surface area contributed by atoms with Crippen LogP contribution in [-0.4, -0.2) is 26.4 Å². The third-order valence-electron chi connectivity index (χ3n) is 2.68. The smallest absolute Gasteiger partial charge is 0.329 e. The van der Waals surface area contributed by atoms with Gasteiger partial charge in [-0.25, -0.2) is 4.98 Å². The first-order valence-corrected chi connectivity index (χ1v) is 6.52. The first-order valence-electron chi connectivity index (χ1n) is 6.52. The maximum absolute atomic E-state index is 11.0. The van der Waals surface area contributed by atoms with Crippen LogP contribution in [0.25, 0.3) is 0 Å². The van der Waals surface area contributed by atoms with Crippen LogP contribution >= 0.6 is 0 Å². The highest BCUT2D eigenvalue weighted by atomic mass is 16.6. The minimum absolute atomic E-state index is 0.163. The van der Waals surface area contributed by atoms with Gasteiger partial charge >= 0.3 is 5.69 Å². The van der Waals surface area contributed by atoms with Crippen LogP contribution in [0.5, 0.6) is 0 Å². The maximum atomic E-state index is 11.0. The fourth-order valence-corrected chi connectivity index (χ4v) is 1.75. The normalized spacial score (nSPS) is 10.2. The highest BCUT2D eigenvalue weighted by Gasteiger charge is 2.17. The highest BCUT2D eigenvalue weighted by Crippen LogP contribution is 2.22. The van der Waals surface area contributed by atoms with E-state index >= 15 is 0 Å². The summed E-state index contributed by atoms with van der Waals surface area (Å²) in [6.45, 7) is 4.77. The molecule has 0 radical (unpaired) electrons. The first kappa shape index (κ1) is 14.6. The Morgan fingerprint density at radius 1 is 1.29 bits per heavy atom. The van der Waals surface area contributed by atoms with E-state index in [0.717, 1.165) is 11.4 Å². The number of pyridine rings is 1. The fourth-order valence-electron chi connectivity index (χ4n) is 1.75. The molecule has 2 heterocycles. The molecule has 0 aliphatic carbocycles. The van der Waals surface area contributed by atoms with E-state index in [-0.39, 0.29) is 11.5 Å². The lowest BCUT2D eigenvalue weighted by molar-refractivity contribution is -0.384. The SMILES string of the molecule is CCNc1ncc([N+](=O)[O-])c(NCc2cccc(C)n2)n1. The molecule has 0 fully saturated rings. The Balaban J connectivity index is 2.20. The molecule has 0 saturated heterocycles. The van der Waals surface area contributed by atoms with Crippen molar-refractivity contribution in [3.8, 4) is 0 Å². The second-order valence-corrected chi connectivity index (χ2v) is 4.34. The quantitative estimate of drug-likeness (QED) is 0.619. The van der Waals surface area contributed by atoms with Gasteiger partial charge in [-0.2, -0.15) is 4.98 Å². The number of aryl methyl sites for hydroxylation is 1. The zero-order valence-corrected chi connectivity index (χ0v) is 11.8. The molecule has 2 aromatic heterocycles. The van der Waals surface area contributed by atoms with Crippen LogP contribution in [-0.2, 0) is 6.54 Å². The molecule has 2 rings (SSSR count). The second kappa shape index (κ2) is 6.60. The molecular formula is C13H16N6O2. The van der Waals surface area contributed by atoms with Crippen molar-refractivity contribution in [1.82, 2.24) is 15.0 Å². The second-order valence-electron chi connectivity index (χ2n) is 4.34. The minimum atomic E-state index is -0.512. The Morgan fingerprint density at radius 3 is 2.76 bits per heavy atom. The Morgan fingerprint density at radius 2 is 2.10 bits per heavy atom. The van der Waals surface area contributed by atoms with E-state index in [0.29, 0.717) is 19.0 Å². The predicted molar refractivity (Wildman–Crippen MR) is 79.2 cm³/mol. The van der Waals surface area contributed by atoms with Crippen molar-refractivity contribution in [1.29, 1.82) is 0 Å². The molecule has 0 spiro atoms. The van der Waals surface area contributed by atoms with Gasteiger partial charge in [0.1, 0.15) is 6.20 Å². The summed E-state index contributed by atoms with van der Waals surface area (Å²) in [4.78, 5) is 22.8. The Hall–Kier alpha value is -2.77. The van der Waals surface area contributed by atoms with E-state index in [4.69, 9.17) is 0 Å². The monoisotopic (exact) mass is 288 g/mol. The number of nitrogens with zero attached hydrogens (tertiary/aromatic N) is 4. The lowest BCUT2D eigenvalue weighted by Crippen LogP contribution is -2.09. The standard InChI is InChI=1S/C13H16N6O2/c1-3-14-13-16-8-11(19(20)21)12(18-13)15-7-10-6-4-5-9(2)17-10/h4-6,8H,3,7H2,1-2H3,(H2,14,15,16,18). The Labute approximate surface area is 121 Å². The number of rotatable bonds is 6. The zero-order chi connectivity index (χ0) is 15.2. The van der Waals surface area contributed by atoms with Crippen LogP contribution in [0.3, 0.4) is 0 Å². The summed E-state index contributed by atoms with van der Waals surface area (Å²) in [5.74, 6) is 0.525. The highest BCUT2D eigenvalue weighted by molar-refractivity contribution is 5.57. The molecule has 0 amide bonds. The van der Waals surface area contributed by atoms with E-state index in [9.17, 15) is 10.1 Å². The molecule has 0 bridgehead atoms. The van der Waals surface area contributed by atoms with Gasteiger partial charge in [0.25, 0.3) is 0 Å². The average Bonchev–Trinajstić information content (AvgIpc) is 2.45. The molecule has 8 heteroatoms. The van der Waals surface area contributed by atoms with E-state index in [2.05, 4.69) is 25.6 Å². The summed E-state index contributed by atoms with van der Waals surface area (Å²) in [6, 6.07) is 5.62. The zero-order valence-electron chi connectivity index (χ0n) is 11.8. The largest absolute Gasteiger partial charge is 0.359 e. The maximum Gasteiger partial charge on any atom is 0.329 e. The molecule has 0 aromatic carbocycles. The van der Waals surface area contributed by atoms with Crippen LogP contribution in [0.2, 0.25) is 0 Å². The van der Waals surface area contributed by atoms with Crippen molar-refractivity contribution in [2.45, 2.75) is 20.4 Å². The van der Waals surface area contributed by atoms with Gasteiger partial charge in [-0.1, -0.05) is 6.07 Å². The van der Waals surface area contributed by atoms with Crippen molar-refractivity contribution < 1.29 is 4.92 Å². The van der Waals surface area contributed by atoms with Crippen molar-refractivity contribution in [3.05, 3.63) is 45.9 Å². The van der Waals surface area contributed by atoms with Crippen LogP contribution in [0.4, 0.5) is 17.5 Å². The van der Waals surface area contributed by atoms with E-state index in [1.165, 1.54) is 6.20 Å². The lowest BCUT2D eigenvalue weighted by atomic mass is 10.3. The van der Waals surface area contributed by atoms with Crippen molar-refractivity contribution >= 4 is 17.5 Å². The van der Waals surface area contributed by atoms with Gasteiger partial charge in [0.15, 0.2) is 0 Å². The van der Waals surface area contributed by atoms with E-state index in [1.54, 1.807) is 0 Å². The molecule has 0 atom stereocenters. The number of nitro groups is 1. The van der Waals surface area contributed by atoms with Gasteiger partial charge in [-0.3, -0.25) is 15.1 Å². The molecular weight excluding hydrogens is 272 g/mol. The summed E-state index contributed by atoms with van der Waals surface area (Å²) in [7, 11) is 0. The average molecular weight is 288 g/mol.